The quantitative estimate of drug-likeness (QED) is 0.686. The van der Waals surface area contributed by atoms with Crippen molar-refractivity contribution in [3.05, 3.63) is 29.6 Å². The number of pyridine rings is 1. The van der Waals surface area contributed by atoms with Crippen LogP contribution in [0.25, 0.3) is 0 Å². The highest BCUT2D eigenvalue weighted by Crippen LogP contribution is 2.08. The molecule has 0 bridgehead atoms. The molecule has 0 fully saturated rings. The molecule has 5 heteroatoms. The molecule has 0 aliphatic rings. The lowest BCUT2D eigenvalue weighted by Crippen LogP contribution is -2.14. The van der Waals surface area contributed by atoms with E-state index in [2.05, 4.69) is 4.98 Å². The normalized spacial score (nSPS) is 10.4. The molecule has 3 nitrogen and oxygen atoms in total. The number of nitrogens with zero attached hydrogens (tertiary/aromatic N) is 1. The van der Waals surface area contributed by atoms with Crippen LogP contribution in [0.5, 0.6) is 0 Å². The molecule has 1 aromatic rings. The van der Waals surface area contributed by atoms with Crippen LogP contribution >= 0.6 is 0 Å². The third-order valence-electron chi connectivity index (χ3n) is 1.34. The second-order valence-corrected chi connectivity index (χ2v) is 2.94. The highest BCUT2D eigenvalue weighted by Gasteiger charge is 2.16. The maximum atomic E-state index is 12.9. The van der Waals surface area contributed by atoms with Gasteiger partial charge in [0.1, 0.15) is 5.82 Å². The maximum Gasteiger partial charge on any atom is 0.360 e. The average molecular weight is 201 g/mol. The van der Waals surface area contributed by atoms with Crippen LogP contribution in [0.4, 0.5) is 8.78 Å². The average Bonchev–Trinajstić information content (AvgIpc) is 2.01. The fourth-order valence-electron chi connectivity index (χ4n) is 0.835. The Labute approximate surface area is 79.7 Å². The molecule has 0 spiro atoms. The predicted octanol–water partition coefficient (Wildman–Crippen LogP) is 1.93. The number of carbonyl (C=O) groups is 1. The van der Waals surface area contributed by atoms with Crippen LogP contribution in [0.2, 0.25) is 0 Å². The van der Waals surface area contributed by atoms with E-state index in [9.17, 15) is 13.6 Å². The minimum Gasteiger partial charge on any atom is -0.458 e. The zero-order valence-corrected chi connectivity index (χ0v) is 7.75. The lowest BCUT2D eigenvalue weighted by molar-refractivity contribution is 0.0365. The molecule has 0 amide bonds. The summed E-state index contributed by atoms with van der Waals surface area (Å²) in [4.78, 5) is 14.4. The van der Waals surface area contributed by atoms with E-state index in [4.69, 9.17) is 4.74 Å². The van der Waals surface area contributed by atoms with E-state index in [1.54, 1.807) is 13.8 Å². The van der Waals surface area contributed by atoms with Crippen LogP contribution in [0.1, 0.15) is 24.3 Å². The molecule has 0 radical (unpaired) electrons. The lowest BCUT2D eigenvalue weighted by atomic mass is 10.3. The topological polar surface area (TPSA) is 39.2 Å². The maximum absolute atomic E-state index is 12.9. The molecule has 1 rings (SSSR count). The van der Waals surface area contributed by atoms with Gasteiger partial charge in [0.2, 0.25) is 0 Å². The third kappa shape index (κ3) is 2.48. The van der Waals surface area contributed by atoms with Gasteiger partial charge in [-0.25, -0.2) is 18.6 Å². The van der Waals surface area contributed by atoms with Crippen molar-refractivity contribution >= 4 is 5.97 Å². The van der Waals surface area contributed by atoms with Gasteiger partial charge in [-0.2, -0.15) is 0 Å². The standard InChI is InChI=1S/C9H9F2NO2/c1-5(2)14-9(13)8-7(11)3-6(10)4-12-8/h3-5H,1-2H3. The zero-order valence-electron chi connectivity index (χ0n) is 7.75. The van der Waals surface area contributed by atoms with Crippen LogP contribution < -0.4 is 0 Å². The summed E-state index contributed by atoms with van der Waals surface area (Å²) in [5.41, 5.74) is -0.500. The second kappa shape index (κ2) is 4.13. The fraction of sp³-hybridized carbons (Fsp3) is 0.333. The minimum atomic E-state index is -1.02. The first-order chi connectivity index (χ1) is 6.50. The Bertz CT molecular complexity index is 353. The van der Waals surface area contributed by atoms with Gasteiger partial charge >= 0.3 is 5.97 Å². The van der Waals surface area contributed by atoms with Gasteiger partial charge < -0.3 is 4.74 Å². The van der Waals surface area contributed by atoms with Gasteiger partial charge in [0.05, 0.1) is 12.3 Å². The summed E-state index contributed by atoms with van der Waals surface area (Å²) in [7, 11) is 0. The largest absolute Gasteiger partial charge is 0.458 e. The van der Waals surface area contributed by atoms with E-state index in [0.29, 0.717) is 6.07 Å². The Balaban J connectivity index is 2.90. The van der Waals surface area contributed by atoms with Crippen molar-refractivity contribution < 1.29 is 18.3 Å². The molecular weight excluding hydrogens is 192 g/mol. The fourth-order valence-corrected chi connectivity index (χ4v) is 0.835. The molecule has 0 saturated carbocycles. The van der Waals surface area contributed by atoms with Crippen LogP contribution in [0.3, 0.4) is 0 Å². The summed E-state index contributed by atoms with van der Waals surface area (Å²) < 4.78 is 30.1. The molecule has 1 heterocycles. The van der Waals surface area contributed by atoms with Gasteiger partial charge in [0.15, 0.2) is 11.5 Å². The molecular formula is C9H9F2NO2. The Kier molecular flexibility index (Phi) is 3.11. The summed E-state index contributed by atoms with van der Waals surface area (Å²) in [6.07, 6.45) is 0.397. The highest BCUT2D eigenvalue weighted by atomic mass is 19.1. The van der Waals surface area contributed by atoms with Crippen molar-refractivity contribution in [3.63, 3.8) is 0 Å². The van der Waals surface area contributed by atoms with E-state index in [1.807, 2.05) is 0 Å². The van der Waals surface area contributed by atoms with Gasteiger partial charge in [0, 0.05) is 6.07 Å². The van der Waals surface area contributed by atoms with Crippen molar-refractivity contribution in [2.24, 2.45) is 0 Å². The van der Waals surface area contributed by atoms with Crippen molar-refractivity contribution in [1.29, 1.82) is 0 Å². The summed E-state index contributed by atoms with van der Waals surface area (Å²) in [5.74, 6) is -2.74. The lowest BCUT2D eigenvalue weighted by Gasteiger charge is -2.07. The Morgan fingerprint density at radius 3 is 2.64 bits per heavy atom. The van der Waals surface area contributed by atoms with Crippen LogP contribution in [0.15, 0.2) is 12.3 Å². The van der Waals surface area contributed by atoms with Crippen LogP contribution in [-0.4, -0.2) is 17.1 Å². The Morgan fingerprint density at radius 1 is 1.50 bits per heavy atom. The van der Waals surface area contributed by atoms with Crippen molar-refractivity contribution in [1.82, 2.24) is 4.98 Å². The van der Waals surface area contributed by atoms with Crippen molar-refractivity contribution in [2.45, 2.75) is 20.0 Å². The number of ether oxygens (including phenoxy) is 1. The van der Waals surface area contributed by atoms with E-state index >= 15 is 0 Å². The van der Waals surface area contributed by atoms with Crippen molar-refractivity contribution in [3.8, 4) is 0 Å². The summed E-state index contributed by atoms with van der Waals surface area (Å²) in [6, 6.07) is 0.587. The summed E-state index contributed by atoms with van der Waals surface area (Å²) >= 11 is 0. The predicted molar refractivity (Wildman–Crippen MR) is 44.7 cm³/mol. The zero-order chi connectivity index (χ0) is 10.7. The Morgan fingerprint density at radius 2 is 2.14 bits per heavy atom. The molecule has 0 aliphatic carbocycles. The van der Waals surface area contributed by atoms with Gasteiger partial charge in [-0.05, 0) is 13.8 Å². The van der Waals surface area contributed by atoms with Crippen LogP contribution in [0, 0.1) is 11.6 Å². The number of halogens is 2. The van der Waals surface area contributed by atoms with E-state index in [1.165, 1.54) is 0 Å². The second-order valence-electron chi connectivity index (χ2n) is 2.94. The molecule has 0 saturated heterocycles. The minimum absolute atomic E-state index is 0.367. The molecule has 1 aromatic heterocycles. The number of aromatic nitrogens is 1. The monoisotopic (exact) mass is 201 g/mol. The number of esters is 1. The van der Waals surface area contributed by atoms with Gasteiger partial charge in [-0.1, -0.05) is 0 Å². The molecule has 0 N–H and O–H groups in total. The SMILES string of the molecule is CC(C)OC(=O)c1ncc(F)cc1F. The molecule has 0 aromatic carbocycles. The summed E-state index contributed by atoms with van der Waals surface area (Å²) in [6.45, 7) is 3.25. The van der Waals surface area contributed by atoms with E-state index in [-0.39, 0.29) is 6.10 Å². The molecule has 14 heavy (non-hydrogen) atoms. The van der Waals surface area contributed by atoms with E-state index < -0.39 is 23.3 Å². The first-order valence-electron chi connectivity index (χ1n) is 4.02. The van der Waals surface area contributed by atoms with E-state index in [0.717, 1.165) is 6.20 Å². The third-order valence-corrected chi connectivity index (χ3v) is 1.34. The number of hydrogen-bond acceptors (Lipinski definition) is 3. The molecule has 0 aliphatic heterocycles. The first-order valence-corrected chi connectivity index (χ1v) is 4.02. The first kappa shape index (κ1) is 10.6. The number of rotatable bonds is 2. The number of carbonyl (C=O) groups excluding carboxylic acids is 1. The molecule has 0 atom stereocenters. The van der Waals surface area contributed by atoms with Gasteiger partial charge in [-0.3, -0.25) is 0 Å². The van der Waals surface area contributed by atoms with Gasteiger partial charge in [0.25, 0.3) is 0 Å². The van der Waals surface area contributed by atoms with Crippen LogP contribution in [-0.2, 0) is 4.74 Å². The number of hydrogen-bond donors (Lipinski definition) is 0. The highest BCUT2D eigenvalue weighted by molar-refractivity contribution is 5.87. The summed E-state index contributed by atoms with van der Waals surface area (Å²) in [5, 5.41) is 0. The smallest absolute Gasteiger partial charge is 0.360 e. The van der Waals surface area contributed by atoms with Gasteiger partial charge in [-0.15, -0.1) is 0 Å². The van der Waals surface area contributed by atoms with Crippen molar-refractivity contribution in [2.75, 3.05) is 0 Å². The molecule has 76 valence electrons. The molecule has 0 unspecified atom stereocenters. The Hall–Kier alpha value is -1.52.